The van der Waals surface area contributed by atoms with Crippen molar-refractivity contribution >= 4 is 34.9 Å². The van der Waals surface area contributed by atoms with Crippen LogP contribution in [0, 0.1) is 6.92 Å². The minimum Gasteiger partial charge on any atom is -0.462 e. The number of carbonyl (C=O) groups is 3. The predicted octanol–water partition coefficient (Wildman–Crippen LogP) is 1.39. The fourth-order valence-corrected chi connectivity index (χ4v) is 2.61. The summed E-state index contributed by atoms with van der Waals surface area (Å²) in [4.78, 5) is 36.8. The van der Waals surface area contributed by atoms with Gasteiger partial charge in [-0.25, -0.2) is 0 Å². The Morgan fingerprint density at radius 1 is 1.45 bits per heavy atom. The molecule has 3 amide bonds. The van der Waals surface area contributed by atoms with Crippen LogP contribution in [0.1, 0.15) is 11.5 Å². The number of methoxy groups -OCH3 is 1. The smallest absolute Gasteiger partial charge is 0.294 e. The highest BCUT2D eigenvalue weighted by molar-refractivity contribution is 8.18. The third kappa shape index (κ3) is 3.99. The highest BCUT2D eigenvalue weighted by Gasteiger charge is 2.36. The minimum atomic E-state index is -0.494. The number of hydrogen-bond donors (Lipinski definition) is 1. The lowest BCUT2D eigenvalue weighted by Gasteiger charge is -2.12. The van der Waals surface area contributed by atoms with Gasteiger partial charge in [0.05, 0.1) is 11.5 Å². The van der Waals surface area contributed by atoms with Gasteiger partial charge in [-0.05, 0) is 30.8 Å². The second-order valence-electron chi connectivity index (χ2n) is 4.56. The number of furan rings is 1. The lowest BCUT2D eigenvalue weighted by molar-refractivity contribution is -0.129. The average molecular weight is 324 g/mol. The summed E-state index contributed by atoms with van der Waals surface area (Å²) in [6, 6.07) is 3.47. The van der Waals surface area contributed by atoms with Gasteiger partial charge >= 0.3 is 0 Å². The van der Waals surface area contributed by atoms with Crippen molar-refractivity contribution in [2.75, 3.05) is 26.8 Å². The first kappa shape index (κ1) is 16.3. The Morgan fingerprint density at radius 2 is 2.23 bits per heavy atom. The average Bonchev–Trinajstić information content (AvgIpc) is 2.98. The number of imide groups is 1. The molecule has 0 spiro atoms. The number of carbonyl (C=O) groups excluding carboxylic acids is 3. The van der Waals surface area contributed by atoms with E-state index in [-0.39, 0.29) is 11.4 Å². The second kappa shape index (κ2) is 7.28. The van der Waals surface area contributed by atoms with Crippen molar-refractivity contribution in [2.24, 2.45) is 0 Å². The molecule has 1 N–H and O–H groups in total. The maximum Gasteiger partial charge on any atom is 0.294 e. The Morgan fingerprint density at radius 3 is 2.86 bits per heavy atom. The summed E-state index contributed by atoms with van der Waals surface area (Å²) < 4.78 is 10.1. The number of nitrogens with zero attached hydrogens (tertiary/aromatic N) is 1. The summed E-state index contributed by atoms with van der Waals surface area (Å²) in [6.07, 6.45) is 1.50. The second-order valence-corrected chi connectivity index (χ2v) is 5.55. The molecule has 1 aliphatic heterocycles. The van der Waals surface area contributed by atoms with Crippen molar-refractivity contribution in [1.29, 1.82) is 0 Å². The van der Waals surface area contributed by atoms with E-state index in [0.717, 1.165) is 16.7 Å². The molecule has 2 heterocycles. The van der Waals surface area contributed by atoms with Crippen LogP contribution in [0.25, 0.3) is 6.08 Å². The molecule has 1 aliphatic rings. The third-order valence-corrected chi connectivity index (χ3v) is 3.75. The molecule has 118 valence electrons. The molecule has 0 atom stereocenters. The molecule has 1 fully saturated rings. The number of aryl methyl sites for hydroxylation is 1. The first-order valence-electron chi connectivity index (χ1n) is 6.58. The van der Waals surface area contributed by atoms with Crippen LogP contribution >= 0.6 is 11.8 Å². The van der Waals surface area contributed by atoms with Crippen LogP contribution in [-0.4, -0.2) is 48.8 Å². The molecule has 8 heteroatoms. The van der Waals surface area contributed by atoms with E-state index in [1.54, 1.807) is 19.1 Å². The highest BCUT2D eigenvalue weighted by atomic mass is 32.2. The Bertz CT molecular complexity index is 623. The van der Waals surface area contributed by atoms with Gasteiger partial charge in [-0.15, -0.1) is 0 Å². The summed E-state index contributed by atoms with van der Waals surface area (Å²) in [7, 11) is 1.52. The molecular formula is C14H16N2O5S. The number of hydrogen-bond acceptors (Lipinski definition) is 6. The zero-order chi connectivity index (χ0) is 16.1. The number of nitrogens with one attached hydrogen (secondary N) is 1. The van der Waals surface area contributed by atoms with E-state index in [4.69, 9.17) is 9.15 Å². The van der Waals surface area contributed by atoms with Crippen molar-refractivity contribution in [3.63, 3.8) is 0 Å². The summed E-state index contributed by atoms with van der Waals surface area (Å²) in [5.74, 6) is 0.302. The lowest BCUT2D eigenvalue weighted by atomic mass is 10.3. The molecular weight excluding hydrogens is 308 g/mol. The van der Waals surface area contributed by atoms with E-state index < -0.39 is 17.1 Å². The Balaban J connectivity index is 1.99. The van der Waals surface area contributed by atoms with E-state index >= 15 is 0 Å². The summed E-state index contributed by atoms with van der Waals surface area (Å²) >= 11 is 0.790. The van der Waals surface area contributed by atoms with Crippen LogP contribution in [0.3, 0.4) is 0 Å². The fourth-order valence-electron chi connectivity index (χ4n) is 1.79. The molecule has 0 aliphatic carbocycles. The molecule has 0 unspecified atom stereocenters. The Kier molecular flexibility index (Phi) is 5.40. The molecule has 0 bridgehead atoms. The molecule has 7 nitrogen and oxygen atoms in total. The molecule has 0 saturated carbocycles. The number of thioether (sulfide) groups is 1. The largest absolute Gasteiger partial charge is 0.462 e. The van der Waals surface area contributed by atoms with Gasteiger partial charge in [0.15, 0.2) is 0 Å². The van der Waals surface area contributed by atoms with Crippen LogP contribution in [0.5, 0.6) is 0 Å². The van der Waals surface area contributed by atoms with Crippen LogP contribution < -0.4 is 5.32 Å². The molecule has 1 saturated heterocycles. The molecule has 0 radical (unpaired) electrons. The molecule has 1 aromatic heterocycles. The number of amides is 3. The maximum atomic E-state index is 12.2. The maximum absolute atomic E-state index is 12.2. The third-order valence-electron chi connectivity index (χ3n) is 2.84. The van der Waals surface area contributed by atoms with Gasteiger partial charge in [-0.2, -0.15) is 0 Å². The summed E-state index contributed by atoms with van der Waals surface area (Å²) in [5, 5.41) is 2.09. The quantitative estimate of drug-likeness (QED) is 0.628. The SMILES string of the molecule is COCCNC(=O)CN1C(=O)S/C(=C\c2ccc(C)o2)C1=O. The van der Waals surface area contributed by atoms with Gasteiger partial charge in [0.2, 0.25) is 5.91 Å². The highest BCUT2D eigenvalue weighted by Crippen LogP contribution is 2.32. The van der Waals surface area contributed by atoms with Crippen molar-refractivity contribution in [3.8, 4) is 0 Å². The van der Waals surface area contributed by atoms with Crippen molar-refractivity contribution < 1.29 is 23.5 Å². The van der Waals surface area contributed by atoms with E-state index in [0.29, 0.717) is 24.7 Å². The lowest BCUT2D eigenvalue weighted by Crippen LogP contribution is -2.40. The first-order chi connectivity index (χ1) is 10.5. The standard InChI is InChI=1S/C14H16N2O5S/c1-9-3-4-10(21-9)7-11-13(18)16(14(19)22-11)8-12(17)15-5-6-20-2/h3-4,7H,5-6,8H2,1-2H3,(H,15,17)/b11-7-. The normalized spacial score (nSPS) is 16.6. The Labute approximate surface area is 131 Å². The topological polar surface area (TPSA) is 88.8 Å². The van der Waals surface area contributed by atoms with Crippen LogP contribution in [-0.2, 0) is 14.3 Å². The van der Waals surface area contributed by atoms with Gasteiger partial charge < -0.3 is 14.5 Å². The van der Waals surface area contributed by atoms with Gasteiger partial charge in [0.25, 0.3) is 11.1 Å². The van der Waals surface area contributed by atoms with E-state index in [9.17, 15) is 14.4 Å². The van der Waals surface area contributed by atoms with Crippen LogP contribution in [0.15, 0.2) is 21.5 Å². The van der Waals surface area contributed by atoms with Gasteiger partial charge in [-0.1, -0.05) is 0 Å². The van der Waals surface area contributed by atoms with Gasteiger partial charge in [0, 0.05) is 19.7 Å². The van der Waals surface area contributed by atoms with E-state index in [2.05, 4.69) is 5.32 Å². The van der Waals surface area contributed by atoms with E-state index in [1.807, 2.05) is 0 Å². The van der Waals surface area contributed by atoms with Crippen LogP contribution in [0.2, 0.25) is 0 Å². The van der Waals surface area contributed by atoms with Gasteiger partial charge in [0.1, 0.15) is 18.1 Å². The zero-order valence-electron chi connectivity index (χ0n) is 12.3. The van der Waals surface area contributed by atoms with Crippen molar-refractivity contribution in [2.45, 2.75) is 6.92 Å². The Hall–Kier alpha value is -2.06. The van der Waals surface area contributed by atoms with E-state index in [1.165, 1.54) is 13.2 Å². The van der Waals surface area contributed by atoms with Crippen molar-refractivity contribution in [3.05, 3.63) is 28.6 Å². The zero-order valence-corrected chi connectivity index (χ0v) is 13.1. The van der Waals surface area contributed by atoms with Crippen LogP contribution in [0.4, 0.5) is 4.79 Å². The molecule has 1 aromatic rings. The number of ether oxygens (including phenoxy) is 1. The molecule has 2 rings (SSSR count). The summed E-state index contributed by atoms with van der Waals surface area (Å²) in [6.45, 7) is 2.18. The number of rotatable bonds is 6. The monoisotopic (exact) mass is 324 g/mol. The first-order valence-corrected chi connectivity index (χ1v) is 7.40. The fraction of sp³-hybridized carbons (Fsp3) is 0.357. The molecule has 0 aromatic carbocycles. The van der Waals surface area contributed by atoms with Crippen molar-refractivity contribution in [1.82, 2.24) is 10.2 Å². The predicted molar refractivity (Wildman–Crippen MR) is 81.0 cm³/mol. The van der Waals surface area contributed by atoms with Gasteiger partial charge in [-0.3, -0.25) is 19.3 Å². The minimum absolute atomic E-state index is 0.240. The molecule has 22 heavy (non-hydrogen) atoms. The summed E-state index contributed by atoms with van der Waals surface area (Å²) in [5.41, 5.74) is 0.